The third-order valence-electron chi connectivity index (χ3n) is 6.59. The van der Waals surface area contributed by atoms with Crippen molar-refractivity contribution in [2.75, 3.05) is 27.4 Å². The number of likely N-dealkylation sites (N-methyl/N-ethyl adjacent to an activating group) is 1. The molecule has 4 rings (SSSR count). The molecule has 1 unspecified atom stereocenters. The molecule has 43 heavy (non-hydrogen) atoms. The molecule has 2 aromatic carbocycles. The number of nitrogens with one attached hydrogen (secondary N) is 1. The van der Waals surface area contributed by atoms with E-state index in [0.717, 1.165) is 25.1 Å². The van der Waals surface area contributed by atoms with Crippen LogP contribution in [-0.2, 0) is 14.3 Å². The van der Waals surface area contributed by atoms with Crippen molar-refractivity contribution >= 4 is 23.2 Å². The largest absolute Gasteiger partial charge is 0.482 e. The fraction of sp³-hybridized carbons (Fsp3) is 0.459. The molecule has 2 aliphatic rings. The van der Waals surface area contributed by atoms with E-state index in [0.29, 0.717) is 11.7 Å². The molecule has 0 saturated carbocycles. The summed E-state index contributed by atoms with van der Waals surface area (Å²) in [5.41, 5.74) is 7.47. The molecule has 0 bridgehead atoms. The minimum atomic E-state index is -0.245. The Hall–Kier alpha value is -3.06. The number of rotatable bonds is 6. The maximum Gasteiger partial charge on any atom is 0.302 e. The quantitative estimate of drug-likeness (QED) is 0.252. The van der Waals surface area contributed by atoms with E-state index in [1.54, 1.807) is 0 Å². The maximum atomic E-state index is 9.59. The number of hydrogen-bond donors (Lipinski definition) is 2. The van der Waals surface area contributed by atoms with Crippen LogP contribution in [0.15, 0.2) is 84.0 Å². The third-order valence-corrected chi connectivity index (χ3v) is 6.95. The van der Waals surface area contributed by atoms with Gasteiger partial charge in [0.05, 0.1) is 7.11 Å². The lowest BCUT2D eigenvalue weighted by Crippen LogP contribution is -2.27. The van der Waals surface area contributed by atoms with E-state index in [2.05, 4.69) is 131 Å². The number of esters is 1. The summed E-state index contributed by atoms with van der Waals surface area (Å²) in [6.45, 7) is 18.0. The Morgan fingerprint density at radius 2 is 1.42 bits per heavy atom. The summed E-state index contributed by atoms with van der Waals surface area (Å²) in [6.07, 6.45) is 11.0. The minimum Gasteiger partial charge on any atom is -0.482 e. The Bertz CT molecular complexity index is 1140. The molecule has 2 aromatic rings. The molecule has 0 amide bonds. The van der Waals surface area contributed by atoms with Crippen LogP contribution in [0, 0.1) is 5.92 Å². The topological polar surface area (TPSA) is 67.8 Å². The second-order valence-electron chi connectivity index (χ2n) is 10.5. The molecule has 0 fully saturated rings. The van der Waals surface area contributed by atoms with Gasteiger partial charge >= 0.3 is 5.97 Å². The molecule has 0 radical (unpaired) electrons. The first kappa shape index (κ1) is 39.9. The predicted octanol–water partition coefficient (Wildman–Crippen LogP) is 8.82. The number of carbonyl (C=O) groups is 1. The van der Waals surface area contributed by atoms with Gasteiger partial charge in [0.25, 0.3) is 0 Å². The van der Waals surface area contributed by atoms with Gasteiger partial charge in [-0.15, -0.1) is 0 Å². The minimum absolute atomic E-state index is 0.215. The molecule has 0 heterocycles. The fourth-order valence-electron chi connectivity index (χ4n) is 4.00. The van der Waals surface area contributed by atoms with Crippen molar-refractivity contribution in [3.63, 3.8) is 0 Å². The molecule has 0 aliphatic heterocycles. The van der Waals surface area contributed by atoms with E-state index in [-0.39, 0.29) is 17.9 Å². The standard InChI is InChI=1S/C25H25NOS.C5H12.C3H6O2.C3H8.CH4O/c1-3-26-24-15-14-18(13-12-17(24)2)25(28)27-16-23-21-10-6-4-8-19(21)20-9-5-7-11-22(20)23;1-4-5(2)3;1-3(4)5-2;1-3-2;1-2/h4-15,23-24,26H,3,16H2,1-2H3;5H,4H2,1-3H3;1-2H3;3H2,1-2H3;2H,1H3. The highest BCUT2D eigenvalue weighted by molar-refractivity contribution is 7.80. The Balaban J connectivity index is 0.000000988. The summed E-state index contributed by atoms with van der Waals surface area (Å²) in [5.74, 6) is 0.854. The van der Waals surface area contributed by atoms with Gasteiger partial charge in [0.15, 0.2) is 5.05 Å². The molecular formula is C37H55NO4S. The molecule has 0 aromatic heterocycles. The lowest BCUT2D eigenvalue weighted by Gasteiger charge is -2.16. The number of carbonyl (C=O) groups excluding carboxylic acids is 1. The Kier molecular flexibility index (Phi) is 21.7. The molecular weight excluding hydrogens is 554 g/mol. The highest BCUT2D eigenvalue weighted by Gasteiger charge is 2.28. The molecule has 5 nitrogen and oxygen atoms in total. The van der Waals surface area contributed by atoms with Crippen molar-refractivity contribution in [1.82, 2.24) is 5.32 Å². The average Bonchev–Trinajstić information content (AvgIpc) is 3.22. The van der Waals surface area contributed by atoms with Crippen LogP contribution in [0.25, 0.3) is 11.1 Å². The molecule has 1 atom stereocenters. The van der Waals surface area contributed by atoms with E-state index < -0.39 is 0 Å². The number of fused-ring (bicyclic) bond motifs is 3. The van der Waals surface area contributed by atoms with Gasteiger partial charge < -0.3 is 19.9 Å². The average molecular weight is 610 g/mol. The summed E-state index contributed by atoms with van der Waals surface area (Å²) < 4.78 is 10.2. The summed E-state index contributed by atoms with van der Waals surface area (Å²) in [4.78, 5) is 9.59. The zero-order chi connectivity index (χ0) is 32.8. The predicted molar refractivity (Wildman–Crippen MR) is 188 cm³/mol. The smallest absolute Gasteiger partial charge is 0.302 e. The van der Waals surface area contributed by atoms with Gasteiger partial charge in [-0.3, -0.25) is 4.79 Å². The lowest BCUT2D eigenvalue weighted by molar-refractivity contribution is -0.137. The van der Waals surface area contributed by atoms with Crippen molar-refractivity contribution in [2.45, 2.75) is 80.2 Å². The van der Waals surface area contributed by atoms with Gasteiger partial charge in [0.1, 0.15) is 6.61 Å². The number of methoxy groups -OCH3 is 1. The third kappa shape index (κ3) is 14.3. The second-order valence-corrected chi connectivity index (χ2v) is 10.8. The second kappa shape index (κ2) is 23.4. The fourth-order valence-corrected chi connectivity index (χ4v) is 4.20. The van der Waals surface area contributed by atoms with Crippen molar-refractivity contribution in [3.8, 4) is 11.1 Å². The lowest BCUT2D eigenvalue weighted by atomic mass is 9.98. The number of benzene rings is 2. The first-order chi connectivity index (χ1) is 20.6. The van der Waals surface area contributed by atoms with Crippen LogP contribution in [0.3, 0.4) is 0 Å². The van der Waals surface area contributed by atoms with Crippen LogP contribution in [0.1, 0.15) is 85.3 Å². The summed E-state index contributed by atoms with van der Waals surface area (Å²) in [7, 11) is 2.35. The van der Waals surface area contributed by atoms with E-state index >= 15 is 0 Å². The van der Waals surface area contributed by atoms with Crippen LogP contribution < -0.4 is 5.32 Å². The molecule has 2 aliphatic carbocycles. The highest BCUT2D eigenvalue weighted by Crippen LogP contribution is 2.44. The zero-order valence-electron chi connectivity index (χ0n) is 28.1. The van der Waals surface area contributed by atoms with Crippen molar-refractivity contribution in [3.05, 3.63) is 95.1 Å². The van der Waals surface area contributed by atoms with Crippen LogP contribution >= 0.6 is 12.2 Å². The first-order valence-electron chi connectivity index (χ1n) is 15.3. The summed E-state index contributed by atoms with van der Waals surface area (Å²) in [6, 6.07) is 17.4. The number of aliphatic hydroxyl groups excluding tert-OH is 1. The van der Waals surface area contributed by atoms with E-state index in [1.807, 2.05) is 0 Å². The van der Waals surface area contributed by atoms with Gasteiger partial charge in [-0.1, -0.05) is 133 Å². The van der Waals surface area contributed by atoms with Gasteiger partial charge in [0, 0.05) is 31.6 Å². The van der Waals surface area contributed by atoms with Crippen molar-refractivity contribution in [1.29, 1.82) is 0 Å². The zero-order valence-corrected chi connectivity index (χ0v) is 28.9. The number of thiocarbonyl (C=S) groups is 1. The monoisotopic (exact) mass is 609 g/mol. The Morgan fingerprint density at radius 1 is 0.953 bits per heavy atom. The number of aliphatic hydroxyl groups is 1. The number of ether oxygens (including phenoxy) is 2. The van der Waals surface area contributed by atoms with Crippen LogP contribution in [0.4, 0.5) is 0 Å². The number of hydrogen-bond acceptors (Lipinski definition) is 6. The molecule has 2 N–H and O–H groups in total. The molecule has 6 heteroatoms. The van der Waals surface area contributed by atoms with Gasteiger partial charge in [0.2, 0.25) is 0 Å². The Morgan fingerprint density at radius 3 is 1.84 bits per heavy atom. The van der Waals surface area contributed by atoms with Crippen molar-refractivity contribution in [2.24, 2.45) is 5.92 Å². The SMILES string of the molecule is CCC.CCC(C)C.CCNC1C=CC(C(=S)OCC2c3ccccc3-c3ccccc32)=CC=C1C.CO.COC(C)=O. The van der Waals surface area contributed by atoms with Gasteiger partial charge in [-0.25, -0.2) is 0 Å². The van der Waals surface area contributed by atoms with E-state index in [4.69, 9.17) is 22.1 Å². The first-order valence-corrected chi connectivity index (χ1v) is 15.7. The van der Waals surface area contributed by atoms with Crippen LogP contribution in [0.5, 0.6) is 0 Å². The van der Waals surface area contributed by atoms with Gasteiger partial charge in [-0.2, -0.15) is 0 Å². The van der Waals surface area contributed by atoms with E-state index in [9.17, 15) is 4.79 Å². The van der Waals surface area contributed by atoms with Crippen LogP contribution in [-0.4, -0.2) is 49.5 Å². The van der Waals surface area contributed by atoms with Crippen molar-refractivity contribution < 1.29 is 19.4 Å². The molecule has 0 spiro atoms. The number of allylic oxidation sites excluding steroid dienone is 2. The normalized spacial score (nSPS) is 14.2. The van der Waals surface area contributed by atoms with E-state index in [1.165, 1.54) is 54.7 Å². The summed E-state index contributed by atoms with van der Waals surface area (Å²) >= 11 is 5.62. The molecule has 238 valence electrons. The highest BCUT2D eigenvalue weighted by atomic mass is 32.1. The Labute approximate surface area is 267 Å². The molecule has 0 saturated heterocycles. The van der Waals surface area contributed by atoms with Gasteiger partial charge in [-0.05, 0) is 53.9 Å². The van der Waals surface area contributed by atoms with Crippen LogP contribution in [0.2, 0.25) is 0 Å². The summed E-state index contributed by atoms with van der Waals surface area (Å²) in [5, 5.41) is 11.0. The maximum absolute atomic E-state index is 9.59.